The number of benzene rings is 1. The number of para-hydroxylation sites is 1. The Morgan fingerprint density at radius 1 is 1.18 bits per heavy atom. The van der Waals surface area contributed by atoms with E-state index in [0.717, 1.165) is 31.5 Å². The number of carbonyl (C=O) groups is 2. The van der Waals surface area contributed by atoms with Crippen LogP contribution in [-0.2, 0) is 25.5 Å². The van der Waals surface area contributed by atoms with Crippen molar-refractivity contribution in [2.75, 3.05) is 23.9 Å². The van der Waals surface area contributed by atoms with E-state index in [1.807, 2.05) is 0 Å². The number of aryl methyl sites for hydroxylation is 2. The fraction of sp³-hybridized carbons (Fsp3) is 0.367. The van der Waals surface area contributed by atoms with Crippen molar-refractivity contribution in [2.45, 2.75) is 58.7 Å². The summed E-state index contributed by atoms with van der Waals surface area (Å²) in [5.41, 5.74) is 3.01. The van der Waals surface area contributed by atoms with E-state index in [4.69, 9.17) is 9.47 Å². The number of imidazole rings is 1. The topological polar surface area (TPSA) is 103 Å². The second-order valence-electron chi connectivity index (χ2n) is 10.7. The maximum Gasteiger partial charge on any atom is 0.420 e. The molecule has 40 heavy (non-hydrogen) atoms. The van der Waals surface area contributed by atoms with Crippen LogP contribution in [0.1, 0.15) is 44.3 Å². The molecule has 0 radical (unpaired) electrons. The zero-order valence-electron chi connectivity index (χ0n) is 23.2. The number of nitrogens with one attached hydrogen (secondary N) is 1. The maximum atomic E-state index is 13.6. The minimum atomic E-state index is -0.900. The first-order chi connectivity index (χ1) is 19.1. The molecule has 1 aliphatic heterocycles. The van der Waals surface area contributed by atoms with E-state index in [-0.39, 0.29) is 11.1 Å². The lowest BCUT2D eigenvalue weighted by molar-refractivity contribution is -0.113. The number of aromatic nitrogens is 2. The summed E-state index contributed by atoms with van der Waals surface area (Å²) >= 11 is 1.71. The number of rotatable bonds is 4. The van der Waals surface area contributed by atoms with Gasteiger partial charge < -0.3 is 19.7 Å². The number of allylic oxidation sites excluding steroid dienone is 2. The van der Waals surface area contributed by atoms with Crippen molar-refractivity contribution < 1.29 is 23.9 Å². The summed E-state index contributed by atoms with van der Waals surface area (Å²) in [6.45, 7) is 7.85. The quantitative estimate of drug-likeness (QED) is 0.416. The van der Waals surface area contributed by atoms with Gasteiger partial charge in [-0.1, -0.05) is 6.07 Å². The van der Waals surface area contributed by atoms with Crippen LogP contribution in [0.5, 0.6) is 0 Å². The Hall–Kier alpha value is -3.98. The summed E-state index contributed by atoms with van der Waals surface area (Å²) in [5, 5.41) is 4.97. The molecule has 2 aromatic heterocycles. The molecule has 0 spiro atoms. The lowest BCUT2D eigenvalue weighted by Gasteiger charge is -2.32. The molecule has 3 heterocycles. The molecule has 9 nitrogen and oxygen atoms in total. The van der Waals surface area contributed by atoms with Crippen LogP contribution in [0, 0.1) is 6.92 Å². The minimum absolute atomic E-state index is 0.269. The Balaban J connectivity index is 1.48. The monoisotopic (exact) mass is 560 g/mol. The van der Waals surface area contributed by atoms with Crippen LogP contribution in [0.4, 0.5) is 16.2 Å². The molecule has 0 bridgehead atoms. The lowest BCUT2D eigenvalue weighted by atomic mass is 9.92. The number of methoxy groups -OCH3 is 1. The molecule has 1 N–H and O–H groups in total. The molecule has 2 aliphatic rings. The fourth-order valence-electron chi connectivity index (χ4n) is 5.15. The molecule has 0 saturated heterocycles. The zero-order chi connectivity index (χ0) is 28.6. The molecule has 1 unspecified atom stereocenters. The molecule has 1 aromatic carbocycles. The summed E-state index contributed by atoms with van der Waals surface area (Å²) in [6.07, 6.45) is 5.10. The van der Waals surface area contributed by atoms with Crippen molar-refractivity contribution in [3.8, 4) is 0 Å². The highest BCUT2D eigenvalue weighted by molar-refractivity contribution is 7.10. The number of thiophene rings is 1. The van der Waals surface area contributed by atoms with Crippen LogP contribution >= 0.6 is 11.3 Å². The van der Waals surface area contributed by atoms with Gasteiger partial charge in [0.25, 0.3) is 5.91 Å². The van der Waals surface area contributed by atoms with Crippen molar-refractivity contribution in [1.29, 1.82) is 0 Å². The lowest BCUT2D eigenvalue weighted by Crippen LogP contribution is -2.35. The van der Waals surface area contributed by atoms with Gasteiger partial charge in [0.1, 0.15) is 29.0 Å². The molecule has 0 fully saturated rings. The van der Waals surface area contributed by atoms with E-state index in [1.54, 1.807) is 69.4 Å². The van der Waals surface area contributed by atoms with Gasteiger partial charge in [0.05, 0.1) is 33.7 Å². The van der Waals surface area contributed by atoms with E-state index < -0.39 is 23.7 Å². The van der Waals surface area contributed by atoms with E-state index in [9.17, 15) is 14.4 Å². The Bertz CT molecular complexity index is 1600. The first-order valence-corrected chi connectivity index (χ1v) is 14.1. The SMILES string of the molecule is COC1C(=C=O)C(N2CCCCc3sccc32)=CC=C1C(=O)Nc1cccc2c1nc(C)n2C(=O)OC(C)(C)C. The number of hydrogen-bond donors (Lipinski definition) is 1. The molecule has 1 amide bonds. The molecule has 1 atom stereocenters. The van der Waals surface area contributed by atoms with Crippen molar-refractivity contribution >= 4 is 51.7 Å². The number of nitrogens with zero attached hydrogens (tertiary/aromatic N) is 3. The van der Waals surface area contributed by atoms with Gasteiger partial charge in [-0.3, -0.25) is 4.79 Å². The van der Waals surface area contributed by atoms with Crippen LogP contribution in [-0.4, -0.2) is 52.9 Å². The summed E-state index contributed by atoms with van der Waals surface area (Å²) in [6, 6.07) is 7.26. The highest BCUT2D eigenvalue weighted by Crippen LogP contribution is 2.38. The van der Waals surface area contributed by atoms with Crippen LogP contribution in [0.3, 0.4) is 0 Å². The van der Waals surface area contributed by atoms with Gasteiger partial charge >= 0.3 is 6.09 Å². The first-order valence-electron chi connectivity index (χ1n) is 13.2. The average molecular weight is 561 g/mol. The highest BCUT2D eigenvalue weighted by Gasteiger charge is 2.34. The van der Waals surface area contributed by atoms with E-state index in [2.05, 4.69) is 32.6 Å². The molecule has 1 aliphatic carbocycles. The van der Waals surface area contributed by atoms with Crippen molar-refractivity contribution in [2.24, 2.45) is 0 Å². The normalized spacial score (nSPS) is 17.5. The second kappa shape index (κ2) is 10.9. The summed E-state index contributed by atoms with van der Waals surface area (Å²) in [7, 11) is 1.47. The average Bonchev–Trinajstić information content (AvgIpc) is 3.45. The van der Waals surface area contributed by atoms with Gasteiger partial charge in [0, 0.05) is 18.5 Å². The molecule has 0 saturated carbocycles. The van der Waals surface area contributed by atoms with Gasteiger partial charge in [0.15, 0.2) is 0 Å². The van der Waals surface area contributed by atoms with Crippen LogP contribution < -0.4 is 10.2 Å². The van der Waals surface area contributed by atoms with Gasteiger partial charge in [-0.25, -0.2) is 19.1 Å². The molecule has 5 rings (SSSR count). The first kappa shape index (κ1) is 27.6. The van der Waals surface area contributed by atoms with Gasteiger partial charge in [0.2, 0.25) is 0 Å². The van der Waals surface area contributed by atoms with Crippen LogP contribution in [0.15, 0.2) is 58.6 Å². The van der Waals surface area contributed by atoms with Crippen LogP contribution in [0.2, 0.25) is 0 Å². The Morgan fingerprint density at radius 2 is 1.98 bits per heavy atom. The number of hydrogen-bond acceptors (Lipinski definition) is 8. The standard InChI is InChI=1S/C30H32N4O5S/c1-18-31-26-21(9-8-10-24(26)34(18)29(37)39-30(2,3)4)32-28(36)19-12-13-22(20(17-35)27(19)38-5)33-15-7-6-11-25-23(33)14-16-40-25/h8-10,12-14,16,27H,6-7,11,15H2,1-5H3,(H,32,36). The Kier molecular flexibility index (Phi) is 7.51. The van der Waals surface area contributed by atoms with Gasteiger partial charge in [-0.05, 0) is 82.7 Å². The molecular formula is C30H32N4O5S. The summed E-state index contributed by atoms with van der Waals surface area (Å²) < 4.78 is 12.6. The largest absolute Gasteiger partial charge is 0.443 e. The Labute approximate surface area is 236 Å². The summed E-state index contributed by atoms with van der Waals surface area (Å²) in [4.78, 5) is 46.7. The molecular weight excluding hydrogens is 528 g/mol. The number of ether oxygens (including phenoxy) is 2. The minimum Gasteiger partial charge on any atom is -0.443 e. The van der Waals surface area contributed by atoms with E-state index in [1.165, 1.54) is 16.6 Å². The van der Waals surface area contributed by atoms with Crippen molar-refractivity contribution in [1.82, 2.24) is 9.55 Å². The van der Waals surface area contributed by atoms with Gasteiger partial charge in [-0.15, -0.1) is 11.3 Å². The predicted molar refractivity (Wildman–Crippen MR) is 156 cm³/mol. The third-order valence-corrected chi connectivity index (χ3v) is 7.84. The highest BCUT2D eigenvalue weighted by atomic mass is 32.1. The fourth-order valence-corrected chi connectivity index (χ4v) is 6.08. The predicted octanol–water partition coefficient (Wildman–Crippen LogP) is 5.57. The van der Waals surface area contributed by atoms with Crippen molar-refractivity contribution in [3.05, 3.63) is 69.3 Å². The second-order valence-corrected chi connectivity index (χ2v) is 11.7. The third-order valence-electron chi connectivity index (χ3n) is 6.87. The molecule has 3 aromatic rings. The van der Waals surface area contributed by atoms with E-state index >= 15 is 0 Å². The number of anilines is 2. The van der Waals surface area contributed by atoms with Gasteiger partial charge in [-0.2, -0.15) is 0 Å². The van der Waals surface area contributed by atoms with E-state index in [0.29, 0.717) is 28.2 Å². The number of amides is 1. The Morgan fingerprint density at radius 3 is 2.70 bits per heavy atom. The zero-order valence-corrected chi connectivity index (χ0v) is 24.1. The number of fused-ring (bicyclic) bond motifs is 2. The smallest absolute Gasteiger partial charge is 0.420 e. The van der Waals surface area contributed by atoms with Crippen LogP contribution in [0.25, 0.3) is 11.0 Å². The number of carbonyl (C=O) groups excluding carboxylic acids is 3. The molecule has 10 heteroatoms. The third kappa shape index (κ3) is 5.13. The molecule has 208 valence electrons. The van der Waals surface area contributed by atoms with Crippen molar-refractivity contribution in [3.63, 3.8) is 0 Å². The maximum absolute atomic E-state index is 13.6. The summed E-state index contributed by atoms with van der Waals surface area (Å²) in [5.74, 6) is 2.05.